The van der Waals surface area contributed by atoms with Gasteiger partial charge in [-0.3, -0.25) is 9.59 Å². The van der Waals surface area contributed by atoms with Crippen LogP contribution in [0.3, 0.4) is 0 Å². The Labute approximate surface area is 172 Å². The maximum atomic E-state index is 13.1. The van der Waals surface area contributed by atoms with Crippen LogP contribution in [0.2, 0.25) is 0 Å². The topological polar surface area (TPSA) is 113 Å². The molecule has 0 saturated carbocycles. The molecule has 0 spiro atoms. The van der Waals surface area contributed by atoms with Crippen LogP contribution in [0.4, 0.5) is 0 Å². The van der Waals surface area contributed by atoms with Crippen molar-refractivity contribution in [2.75, 3.05) is 6.54 Å². The maximum absolute atomic E-state index is 13.1. The molecular weight excluding hydrogens is 396 g/mol. The van der Waals surface area contributed by atoms with Crippen molar-refractivity contribution in [3.05, 3.63) is 29.3 Å². The molecule has 0 aromatic heterocycles. The van der Waals surface area contributed by atoms with Crippen LogP contribution in [0.25, 0.3) is 0 Å². The molecule has 0 radical (unpaired) electrons. The lowest BCUT2D eigenvalue weighted by molar-refractivity contribution is -0.158. The second-order valence-corrected chi connectivity index (χ2v) is 10.4. The van der Waals surface area contributed by atoms with Crippen molar-refractivity contribution in [3.8, 4) is 0 Å². The first-order valence-corrected chi connectivity index (χ1v) is 11.0. The van der Waals surface area contributed by atoms with Gasteiger partial charge in [-0.15, -0.1) is 0 Å². The Kier molecular flexibility index (Phi) is 6.76. The van der Waals surface area contributed by atoms with Gasteiger partial charge in [0.1, 0.15) is 6.04 Å². The van der Waals surface area contributed by atoms with E-state index in [-0.39, 0.29) is 17.9 Å². The molecule has 0 bridgehead atoms. The van der Waals surface area contributed by atoms with E-state index in [0.29, 0.717) is 0 Å². The van der Waals surface area contributed by atoms with E-state index in [0.717, 1.165) is 15.4 Å². The minimum absolute atomic E-state index is 0.0472. The van der Waals surface area contributed by atoms with Crippen LogP contribution in [0.5, 0.6) is 0 Å². The number of nitrogens with zero attached hydrogens (tertiary/aromatic N) is 1. The highest BCUT2D eigenvalue weighted by molar-refractivity contribution is 7.89. The number of hydrogen-bond acceptors (Lipinski definition) is 6. The molecule has 1 aliphatic heterocycles. The molecule has 29 heavy (non-hydrogen) atoms. The Morgan fingerprint density at radius 3 is 2.41 bits per heavy atom. The van der Waals surface area contributed by atoms with E-state index >= 15 is 0 Å². The third-order valence-electron chi connectivity index (χ3n) is 4.75. The molecule has 2 N–H and O–H groups in total. The highest BCUT2D eigenvalue weighted by Crippen LogP contribution is 2.28. The third-order valence-corrected chi connectivity index (χ3v) is 6.62. The van der Waals surface area contributed by atoms with Crippen LogP contribution in [0.1, 0.15) is 45.2 Å². The molecule has 0 aliphatic carbocycles. The highest BCUT2D eigenvalue weighted by atomic mass is 32.2. The van der Waals surface area contributed by atoms with Crippen molar-refractivity contribution in [1.29, 1.82) is 0 Å². The average Bonchev–Trinajstić information content (AvgIpc) is 2.98. The lowest BCUT2D eigenvalue weighted by Gasteiger charge is -2.26. The van der Waals surface area contributed by atoms with Gasteiger partial charge in [0, 0.05) is 18.5 Å². The molecule has 1 aliphatic rings. The Balaban J connectivity index is 2.22. The molecule has 8 nitrogen and oxygen atoms in total. The minimum Gasteiger partial charge on any atom is -0.451 e. The van der Waals surface area contributed by atoms with Gasteiger partial charge < -0.3 is 15.2 Å². The number of aliphatic hydroxyl groups is 1. The number of ether oxygens (including phenoxy) is 1. The van der Waals surface area contributed by atoms with Crippen LogP contribution in [-0.4, -0.2) is 60.0 Å². The van der Waals surface area contributed by atoms with Gasteiger partial charge in [0.2, 0.25) is 10.0 Å². The minimum atomic E-state index is -4.02. The molecule has 0 unspecified atom stereocenters. The number of nitrogens with one attached hydrogen (secondary N) is 1. The third kappa shape index (κ3) is 5.55. The van der Waals surface area contributed by atoms with Gasteiger partial charge in [0.05, 0.1) is 11.0 Å². The number of aryl methyl sites for hydroxylation is 2. The van der Waals surface area contributed by atoms with E-state index in [1.807, 2.05) is 6.92 Å². The first-order chi connectivity index (χ1) is 13.2. The van der Waals surface area contributed by atoms with E-state index in [1.54, 1.807) is 33.8 Å². The Hall–Kier alpha value is -1.97. The first kappa shape index (κ1) is 23.3. The van der Waals surface area contributed by atoms with Crippen molar-refractivity contribution in [3.63, 3.8) is 0 Å². The number of aliphatic hydroxyl groups excluding tert-OH is 1. The number of benzene rings is 1. The SMILES string of the molecule is Cc1ccc(S(=O)(=O)N2C[C@@H](O)C[C@H]2C(=O)O[C@H](C)C(=O)NC(C)(C)C)cc1C. The summed E-state index contributed by atoms with van der Waals surface area (Å²) in [5.74, 6) is -1.33. The standard InChI is InChI=1S/C20H30N2O6S/c1-12-7-8-16(9-13(12)2)29(26,27)22-11-15(23)10-17(22)19(25)28-14(3)18(24)21-20(4,5)6/h7-9,14-15,17,23H,10-11H2,1-6H3,(H,21,24)/t14-,15+,17+/m1/s1. The normalized spacial score (nSPS) is 21.6. The van der Waals surface area contributed by atoms with Gasteiger partial charge >= 0.3 is 5.97 Å². The summed E-state index contributed by atoms with van der Waals surface area (Å²) >= 11 is 0. The highest BCUT2D eigenvalue weighted by Gasteiger charge is 2.45. The number of sulfonamides is 1. The van der Waals surface area contributed by atoms with Crippen molar-refractivity contribution in [1.82, 2.24) is 9.62 Å². The predicted molar refractivity (Wildman–Crippen MR) is 108 cm³/mol. The van der Waals surface area contributed by atoms with Gasteiger partial charge in [-0.25, -0.2) is 8.42 Å². The van der Waals surface area contributed by atoms with Gasteiger partial charge in [0.15, 0.2) is 6.10 Å². The fourth-order valence-corrected chi connectivity index (χ4v) is 4.76. The molecule has 2 rings (SSSR count). The smallest absolute Gasteiger partial charge is 0.325 e. The molecule has 1 aromatic rings. The van der Waals surface area contributed by atoms with Gasteiger partial charge in [-0.1, -0.05) is 6.07 Å². The lowest BCUT2D eigenvalue weighted by Crippen LogP contribution is -2.48. The number of hydrogen-bond donors (Lipinski definition) is 2. The van der Waals surface area contributed by atoms with Crippen molar-refractivity contribution >= 4 is 21.9 Å². The fourth-order valence-electron chi connectivity index (χ4n) is 3.05. The molecule has 1 aromatic carbocycles. The second-order valence-electron chi connectivity index (χ2n) is 8.54. The number of esters is 1. The average molecular weight is 427 g/mol. The number of β-amino-alcohol motifs (C(OH)–C–C–N with tert-alkyl or cyclic N) is 1. The summed E-state index contributed by atoms with van der Waals surface area (Å²) in [5, 5.41) is 12.7. The Morgan fingerprint density at radius 2 is 1.86 bits per heavy atom. The first-order valence-electron chi connectivity index (χ1n) is 9.52. The van der Waals surface area contributed by atoms with Crippen LogP contribution >= 0.6 is 0 Å². The predicted octanol–water partition coefficient (Wildman–Crippen LogP) is 1.27. The summed E-state index contributed by atoms with van der Waals surface area (Å²) in [6.45, 7) is 10.3. The van der Waals surface area contributed by atoms with E-state index in [4.69, 9.17) is 4.74 Å². The second kappa shape index (κ2) is 8.41. The van der Waals surface area contributed by atoms with Crippen LogP contribution < -0.4 is 5.32 Å². The van der Waals surface area contributed by atoms with E-state index < -0.39 is 45.7 Å². The lowest BCUT2D eigenvalue weighted by atomic mass is 10.1. The number of carbonyl (C=O) groups excluding carboxylic acids is 2. The summed E-state index contributed by atoms with van der Waals surface area (Å²) in [7, 11) is -4.02. The van der Waals surface area contributed by atoms with Gasteiger partial charge in [-0.05, 0) is 64.8 Å². The quantitative estimate of drug-likeness (QED) is 0.686. The summed E-state index contributed by atoms with van der Waals surface area (Å²) in [6, 6.07) is 3.52. The zero-order chi connectivity index (χ0) is 22.1. The molecule has 1 amide bonds. The van der Waals surface area contributed by atoms with Gasteiger partial charge in [-0.2, -0.15) is 4.31 Å². The number of amides is 1. The Bertz CT molecular complexity index is 891. The monoisotopic (exact) mass is 426 g/mol. The molecule has 1 fully saturated rings. The van der Waals surface area contributed by atoms with E-state index in [9.17, 15) is 23.1 Å². The molecule has 9 heteroatoms. The Morgan fingerprint density at radius 1 is 1.24 bits per heavy atom. The van der Waals surface area contributed by atoms with Gasteiger partial charge in [0.25, 0.3) is 5.91 Å². The van der Waals surface area contributed by atoms with Crippen molar-refractivity contribution < 1.29 is 27.9 Å². The zero-order valence-corrected chi connectivity index (χ0v) is 18.5. The summed E-state index contributed by atoms with van der Waals surface area (Å²) < 4.78 is 32.4. The molecule has 162 valence electrons. The largest absolute Gasteiger partial charge is 0.451 e. The summed E-state index contributed by atoms with van der Waals surface area (Å²) in [4.78, 5) is 24.9. The molecule has 1 heterocycles. The fraction of sp³-hybridized carbons (Fsp3) is 0.600. The summed E-state index contributed by atoms with van der Waals surface area (Å²) in [6.07, 6.45) is -2.17. The molecular formula is C20H30N2O6S. The number of carbonyl (C=O) groups is 2. The van der Waals surface area contributed by atoms with Crippen molar-refractivity contribution in [2.45, 2.75) is 76.6 Å². The maximum Gasteiger partial charge on any atom is 0.325 e. The molecule has 1 saturated heterocycles. The van der Waals surface area contributed by atoms with Crippen LogP contribution in [0, 0.1) is 13.8 Å². The number of rotatable bonds is 5. The van der Waals surface area contributed by atoms with Crippen LogP contribution in [0.15, 0.2) is 23.1 Å². The zero-order valence-electron chi connectivity index (χ0n) is 17.7. The van der Waals surface area contributed by atoms with Crippen molar-refractivity contribution in [2.24, 2.45) is 0 Å². The van der Waals surface area contributed by atoms with Crippen LogP contribution in [-0.2, 0) is 24.3 Å². The van der Waals surface area contributed by atoms with E-state index in [2.05, 4.69) is 5.32 Å². The van der Waals surface area contributed by atoms with E-state index in [1.165, 1.54) is 19.1 Å². The summed E-state index contributed by atoms with van der Waals surface area (Å²) in [5.41, 5.74) is 1.25. The molecule has 3 atom stereocenters.